The second kappa shape index (κ2) is 7.65. The number of nitrogens with zero attached hydrogens (tertiary/aromatic N) is 1. The second-order valence-electron chi connectivity index (χ2n) is 3.96. The van der Waals surface area contributed by atoms with Gasteiger partial charge in [-0.15, -0.1) is 0 Å². The highest BCUT2D eigenvalue weighted by molar-refractivity contribution is 5.69. The third kappa shape index (κ3) is 5.74. The SMILES string of the molecule is CCN(CC(C)C(=O)O)C(C)CCOC. The summed E-state index contributed by atoms with van der Waals surface area (Å²) in [7, 11) is 1.68. The molecule has 0 aromatic carbocycles. The predicted octanol–water partition coefficient (Wildman–Crippen LogP) is 1.45. The summed E-state index contributed by atoms with van der Waals surface area (Å²) in [6.07, 6.45) is 0.941. The zero-order chi connectivity index (χ0) is 11.8. The van der Waals surface area contributed by atoms with Crippen molar-refractivity contribution in [3.8, 4) is 0 Å². The first-order valence-corrected chi connectivity index (χ1v) is 5.48. The van der Waals surface area contributed by atoms with E-state index in [4.69, 9.17) is 9.84 Å². The van der Waals surface area contributed by atoms with E-state index >= 15 is 0 Å². The van der Waals surface area contributed by atoms with Gasteiger partial charge in [-0.05, 0) is 19.9 Å². The van der Waals surface area contributed by atoms with Gasteiger partial charge in [-0.2, -0.15) is 0 Å². The first kappa shape index (κ1) is 14.4. The number of carbonyl (C=O) groups is 1. The molecule has 0 aliphatic heterocycles. The molecule has 90 valence electrons. The van der Waals surface area contributed by atoms with Gasteiger partial charge in [-0.3, -0.25) is 4.79 Å². The fourth-order valence-corrected chi connectivity index (χ4v) is 1.52. The highest BCUT2D eigenvalue weighted by Gasteiger charge is 2.18. The van der Waals surface area contributed by atoms with Crippen LogP contribution in [0.2, 0.25) is 0 Å². The van der Waals surface area contributed by atoms with Crippen LogP contribution in [0.1, 0.15) is 27.2 Å². The quantitative estimate of drug-likeness (QED) is 0.668. The van der Waals surface area contributed by atoms with Crippen LogP contribution in [0.15, 0.2) is 0 Å². The lowest BCUT2D eigenvalue weighted by Crippen LogP contribution is -2.38. The Morgan fingerprint density at radius 3 is 2.47 bits per heavy atom. The Morgan fingerprint density at radius 2 is 2.07 bits per heavy atom. The Labute approximate surface area is 92.2 Å². The van der Waals surface area contributed by atoms with Crippen LogP contribution in [0.4, 0.5) is 0 Å². The van der Waals surface area contributed by atoms with Crippen LogP contribution in [0.3, 0.4) is 0 Å². The number of carboxylic acid groups (broad SMARTS) is 1. The van der Waals surface area contributed by atoms with Gasteiger partial charge in [0.1, 0.15) is 0 Å². The standard InChI is InChI=1S/C11H23NO3/c1-5-12(8-9(2)11(13)14)10(3)6-7-15-4/h9-10H,5-8H2,1-4H3,(H,13,14). The molecule has 0 saturated carbocycles. The summed E-state index contributed by atoms with van der Waals surface area (Å²) in [4.78, 5) is 12.9. The summed E-state index contributed by atoms with van der Waals surface area (Å²) >= 11 is 0. The fraction of sp³-hybridized carbons (Fsp3) is 0.909. The van der Waals surface area contributed by atoms with Crippen molar-refractivity contribution >= 4 is 5.97 Å². The van der Waals surface area contributed by atoms with Crippen molar-refractivity contribution in [1.82, 2.24) is 4.90 Å². The molecule has 0 fully saturated rings. The van der Waals surface area contributed by atoms with Crippen LogP contribution in [-0.2, 0) is 9.53 Å². The minimum Gasteiger partial charge on any atom is -0.481 e. The Kier molecular flexibility index (Phi) is 7.34. The van der Waals surface area contributed by atoms with Gasteiger partial charge >= 0.3 is 5.97 Å². The first-order chi connectivity index (χ1) is 7.02. The summed E-state index contributed by atoms with van der Waals surface area (Å²) in [6.45, 7) is 8.11. The number of methoxy groups -OCH3 is 1. The number of ether oxygens (including phenoxy) is 1. The van der Waals surface area contributed by atoms with Gasteiger partial charge in [0.05, 0.1) is 5.92 Å². The maximum atomic E-state index is 10.7. The summed E-state index contributed by atoms with van der Waals surface area (Å²) in [5.41, 5.74) is 0. The lowest BCUT2D eigenvalue weighted by atomic mass is 10.1. The Bertz CT molecular complexity index is 185. The molecular formula is C11H23NO3. The molecule has 0 aliphatic carbocycles. The molecule has 2 unspecified atom stereocenters. The summed E-state index contributed by atoms with van der Waals surface area (Å²) in [6, 6.07) is 0.372. The van der Waals surface area contributed by atoms with Gasteiger partial charge in [0, 0.05) is 26.3 Å². The molecule has 4 heteroatoms. The number of hydrogen-bond acceptors (Lipinski definition) is 3. The lowest BCUT2D eigenvalue weighted by molar-refractivity contribution is -0.141. The summed E-state index contributed by atoms with van der Waals surface area (Å²) in [5.74, 6) is -1.04. The average molecular weight is 217 g/mol. The fourth-order valence-electron chi connectivity index (χ4n) is 1.52. The topological polar surface area (TPSA) is 49.8 Å². The molecule has 0 aromatic rings. The molecule has 0 aliphatic rings. The minimum absolute atomic E-state index is 0.310. The van der Waals surface area contributed by atoms with E-state index < -0.39 is 5.97 Å². The number of carboxylic acids is 1. The van der Waals surface area contributed by atoms with Crippen molar-refractivity contribution in [1.29, 1.82) is 0 Å². The van der Waals surface area contributed by atoms with Crippen LogP contribution in [-0.4, -0.2) is 48.8 Å². The van der Waals surface area contributed by atoms with Gasteiger partial charge < -0.3 is 14.7 Å². The zero-order valence-electron chi connectivity index (χ0n) is 10.2. The molecule has 15 heavy (non-hydrogen) atoms. The molecule has 0 saturated heterocycles. The highest BCUT2D eigenvalue weighted by atomic mass is 16.5. The van der Waals surface area contributed by atoms with Crippen molar-refractivity contribution in [2.45, 2.75) is 33.2 Å². The van der Waals surface area contributed by atoms with Gasteiger partial charge in [-0.25, -0.2) is 0 Å². The lowest BCUT2D eigenvalue weighted by Gasteiger charge is -2.29. The monoisotopic (exact) mass is 217 g/mol. The van der Waals surface area contributed by atoms with E-state index in [1.54, 1.807) is 14.0 Å². The third-order valence-corrected chi connectivity index (χ3v) is 2.70. The van der Waals surface area contributed by atoms with E-state index in [2.05, 4.69) is 18.7 Å². The molecule has 0 heterocycles. The van der Waals surface area contributed by atoms with Gasteiger partial charge in [-0.1, -0.05) is 13.8 Å². The van der Waals surface area contributed by atoms with Crippen molar-refractivity contribution in [2.24, 2.45) is 5.92 Å². The zero-order valence-corrected chi connectivity index (χ0v) is 10.2. The minimum atomic E-state index is -0.729. The number of hydrogen-bond donors (Lipinski definition) is 1. The molecule has 0 radical (unpaired) electrons. The van der Waals surface area contributed by atoms with Crippen LogP contribution >= 0.6 is 0 Å². The Morgan fingerprint density at radius 1 is 1.47 bits per heavy atom. The van der Waals surface area contributed by atoms with E-state index in [9.17, 15) is 4.79 Å². The summed E-state index contributed by atoms with van der Waals surface area (Å²) in [5, 5.41) is 8.83. The molecular weight excluding hydrogens is 194 g/mol. The van der Waals surface area contributed by atoms with E-state index in [1.165, 1.54) is 0 Å². The van der Waals surface area contributed by atoms with E-state index in [0.717, 1.165) is 19.6 Å². The molecule has 0 rings (SSSR count). The first-order valence-electron chi connectivity index (χ1n) is 5.48. The van der Waals surface area contributed by atoms with Crippen molar-refractivity contribution in [3.63, 3.8) is 0 Å². The Balaban J connectivity index is 4.05. The highest BCUT2D eigenvalue weighted by Crippen LogP contribution is 2.08. The molecule has 2 atom stereocenters. The maximum Gasteiger partial charge on any atom is 0.307 e. The van der Waals surface area contributed by atoms with Gasteiger partial charge in [0.2, 0.25) is 0 Å². The molecule has 0 aromatic heterocycles. The van der Waals surface area contributed by atoms with Crippen molar-refractivity contribution in [3.05, 3.63) is 0 Å². The second-order valence-corrected chi connectivity index (χ2v) is 3.96. The van der Waals surface area contributed by atoms with Gasteiger partial charge in [0.15, 0.2) is 0 Å². The smallest absolute Gasteiger partial charge is 0.307 e. The van der Waals surface area contributed by atoms with Crippen LogP contribution in [0.25, 0.3) is 0 Å². The average Bonchev–Trinajstić information content (AvgIpc) is 2.21. The normalized spacial score (nSPS) is 15.3. The predicted molar refractivity (Wildman–Crippen MR) is 60.0 cm³/mol. The number of aliphatic carboxylic acids is 1. The molecule has 0 amide bonds. The molecule has 1 N–H and O–H groups in total. The van der Waals surface area contributed by atoms with E-state index in [-0.39, 0.29) is 5.92 Å². The number of rotatable bonds is 8. The van der Waals surface area contributed by atoms with Crippen molar-refractivity contribution < 1.29 is 14.6 Å². The Hall–Kier alpha value is -0.610. The van der Waals surface area contributed by atoms with E-state index in [1.807, 2.05) is 0 Å². The molecule has 0 spiro atoms. The largest absolute Gasteiger partial charge is 0.481 e. The van der Waals surface area contributed by atoms with Crippen LogP contribution in [0.5, 0.6) is 0 Å². The molecule has 4 nitrogen and oxygen atoms in total. The third-order valence-electron chi connectivity index (χ3n) is 2.70. The van der Waals surface area contributed by atoms with E-state index in [0.29, 0.717) is 12.6 Å². The van der Waals surface area contributed by atoms with Crippen LogP contribution < -0.4 is 0 Å². The maximum absolute atomic E-state index is 10.7. The summed E-state index contributed by atoms with van der Waals surface area (Å²) < 4.78 is 5.02. The van der Waals surface area contributed by atoms with Gasteiger partial charge in [0.25, 0.3) is 0 Å². The molecule has 0 bridgehead atoms. The van der Waals surface area contributed by atoms with Crippen molar-refractivity contribution in [2.75, 3.05) is 26.8 Å². The van der Waals surface area contributed by atoms with Crippen LogP contribution in [0, 0.1) is 5.92 Å².